The predicted octanol–water partition coefficient (Wildman–Crippen LogP) is 5.73. The molecule has 1 aliphatic carbocycles. The lowest BCUT2D eigenvalue weighted by Crippen LogP contribution is -1.88. The number of allylic oxidation sites excluding steroid dienone is 3. The van der Waals surface area contributed by atoms with Crippen molar-refractivity contribution in [2.45, 2.75) is 18.2 Å². The van der Waals surface area contributed by atoms with E-state index in [1.807, 2.05) is 13.0 Å². The summed E-state index contributed by atoms with van der Waals surface area (Å²) in [6.07, 6.45) is 6.08. The molecule has 0 unspecified atom stereocenters. The quantitative estimate of drug-likeness (QED) is 0.334. The zero-order valence-electron chi connectivity index (χ0n) is 13.6. The molecular formula is C20H18FNOS. The molecular weight excluding hydrogens is 321 g/mol. The number of benzene rings is 2. The van der Waals surface area contributed by atoms with Gasteiger partial charge in [0.05, 0.1) is 0 Å². The summed E-state index contributed by atoms with van der Waals surface area (Å²) in [6.45, 7) is 2.03. The van der Waals surface area contributed by atoms with E-state index >= 15 is 0 Å². The van der Waals surface area contributed by atoms with Gasteiger partial charge in [-0.1, -0.05) is 18.2 Å². The minimum atomic E-state index is -0.259. The molecule has 0 spiro atoms. The van der Waals surface area contributed by atoms with Crippen molar-refractivity contribution in [3.05, 3.63) is 70.5 Å². The fourth-order valence-electron chi connectivity index (χ4n) is 3.02. The number of nitrogens with zero attached hydrogens (tertiary/aromatic N) is 1. The number of hydrogen-bond donors (Lipinski definition) is 1. The fraction of sp³-hybridized carbons (Fsp3) is 0.150. The van der Waals surface area contributed by atoms with Crippen LogP contribution in [0.25, 0.3) is 17.2 Å². The Morgan fingerprint density at radius 2 is 1.88 bits per heavy atom. The van der Waals surface area contributed by atoms with Gasteiger partial charge in [0.1, 0.15) is 5.82 Å². The van der Waals surface area contributed by atoms with E-state index in [1.54, 1.807) is 17.8 Å². The van der Waals surface area contributed by atoms with Gasteiger partial charge in [-0.25, -0.2) is 4.39 Å². The Labute approximate surface area is 145 Å². The highest BCUT2D eigenvalue weighted by Crippen LogP contribution is 2.43. The summed E-state index contributed by atoms with van der Waals surface area (Å²) < 4.78 is 13.7. The maximum atomic E-state index is 13.7. The Bertz CT molecular complexity index is 850. The van der Waals surface area contributed by atoms with Crippen LogP contribution in [0.4, 0.5) is 4.39 Å². The molecule has 122 valence electrons. The molecule has 4 heteroatoms. The third-order valence-electron chi connectivity index (χ3n) is 4.26. The van der Waals surface area contributed by atoms with Crippen LogP contribution in [-0.4, -0.2) is 17.7 Å². The number of oxime groups is 1. The van der Waals surface area contributed by atoms with E-state index in [0.717, 1.165) is 33.4 Å². The van der Waals surface area contributed by atoms with Crippen molar-refractivity contribution in [2.24, 2.45) is 5.16 Å². The molecule has 0 atom stereocenters. The molecule has 2 aromatic rings. The first-order valence-corrected chi connectivity index (χ1v) is 8.88. The lowest BCUT2D eigenvalue weighted by Gasteiger charge is -2.05. The number of hydrogen-bond acceptors (Lipinski definition) is 3. The maximum absolute atomic E-state index is 13.7. The van der Waals surface area contributed by atoms with Crippen molar-refractivity contribution in [1.29, 1.82) is 0 Å². The van der Waals surface area contributed by atoms with Gasteiger partial charge >= 0.3 is 0 Å². The van der Waals surface area contributed by atoms with Crippen LogP contribution in [0.3, 0.4) is 0 Å². The van der Waals surface area contributed by atoms with Gasteiger partial charge in [0.25, 0.3) is 0 Å². The monoisotopic (exact) mass is 339 g/mol. The van der Waals surface area contributed by atoms with Gasteiger partial charge in [-0.15, -0.1) is 16.9 Å². The molecule has 0 amide bonds. The lowest BCUT2D eigenvalue weighted by atomic mass is 10.0. The van der Waals surface area contributed by atoms with Crippen LogP contribution >= 0.6 is 11.8 Å². The van der Waals surface area contributed by atoms with E-state index in [-0.39, 0.29) is 5.82 Å². The lowest BCUT2D eigenvalue weighted by molar-refractivity contribution is 0.321. The fourth-order valence-corrected chi connectivity index (χ4v) is 3.42. The molecule has 0 aromatic heterocycles. The average Bonchev–Trinajstić information content (AvgIpc) is 2.85. The maximum Gasteiger partial charge on any atom is 0.123 e. The second-order valence-electron chi connectivity index (χ2n) is 5.63. The van der Waals surface area contributed by atoms with E-state index in [0.29, 0.717) is 6.42 Å². The summed E-state index contributed by atoms with van der Waals surface area (Å²) in [6, 6.07) is 13.2. The largest absolute Gasteiger partial charge is 0.411 e. The Hall–Kier alpha value is -2.33. The van der Waals surface area contributed by atoms with Crippen molar-refractivity contribution in [1.82, 2.24) is 0 Å². The van der Waals surface area contributed by atoms with E-state index in [9.17, 15) is 4.39 Å². The molecule has 0 heterocycles. The summed E-state index contributed by atoms with van der Waals surface area (Å²) in [4.78, 5) is 1.22. The second-order valence-corrected chi connectivity index (χ2v) is 6.51. The molecule has 1 N–H and O–H groups in total. The first kappa shape index (κ1) is 16.5. The van der Waals surface area contributed by atoms with Crippen molar-refractivity contribution < 1.29 is 9.60 Å². The van der Waals surface area contributed by atoms with Crippen molar-refractivity contribution in [2.75, 3.05) is 6.26 Å². The first-order valence-electron chi connectivity index (χ1n) is 7.66. The molecule has 0 saturated carbocycles. The van der Waals surface area contributed by atoms with Crippen molar-refractivity contribution in [3.8, 4) is 0 Å². The summed E-state index contributed by atoms with van der Waals surface area (Å²) in [5.41, 5.74) is 6.17. The third kappa shape index (κ3) is 3.15. The van der Waals surface area contributed by atoms with Crippen LogP contribution in [0, 0.1) is 5.82 Å². The highest BCUT2D eigenvalue weighted by Gasteiger charge is 2.23. The Kier molecular flexibility index (Phi) is 4.86. The van der Waals surface area contributed by atoms with Crippen LogP contribution in [0.1, 0.15) is 30.0 Å². The van der Waals surface area contributed by atoms with Crippen LogP contribution in [0.2, 0.25) is 0 Å². The van der Waals surface area contributed by atoms with Crippen LogP contribution < -0.4 is 0 Å². The van der Waals surface area contributed by atoms with E-state index in [2.05, 4.69) is 41.8 Å². The molecule has 0 radical (unpaired) electrons. The average molecular weight is 339 g/mol. The number of thioether (sulfide) groups is 1. The van der Waals surface area contributed by atoms with Gasteiger partial charge in [0.2, 0.25) is 0 Å². The summed E-state index contributed by atoms with van der Waals surface area (Å²) in [7, 11) is 0. The predicted molar refractivity (Wildman–Crippen MR) is 100.0 cm³/mol. The van der Waals surface area contributed by atoms with Crippen molar-refractivity contribution >= 4 is 35.2 Å². The standard InChI is InChI=1S/C20H18FNOS/c1-13-17(9-10-22-23)20-12-15(21)5-8-18(20)19(13)11-14-3-6-16(24-2)7-4-14/h3-8,10-12,23H,9H2,1-2H3/b19-11-,22-10+. The van der Waals surface area contributed by atoms with Crippen LogP contribution in [0.15, 0.2) is 58.1 Å². The topological polar surface area (TPSA) is 32.6 Å². The number of halogens is 1. The summed E-state index contributed by atoms with van der Waals surface area (Å²) in [5, 5.41) is 11.8. The third-order valence-corrected chi connectivity index (χ3v) is 5.00. The molecule has 24 heavy (non-hydrogen) atoms. The minimum Gasteiger partial charge on any atom is -0.411 e. The highest BCUT2D eigenvalue weighted by atomic mass is 32.2. The SMILES string of the molecule is CSc1ccc(/C=C2/C(C)=C(C/C=N/O)c3cc(F)ccc32)cc1. The highest BCUT2D eigenvalue weighted by molar-refractivity contribution is 7.98. The zero-order valence-corrected chi connectivity index (χ0v) is 14.4. The number of rotatable bonds is 4. The minimum absolute atomic E-state index is 0.259. The van der Waals surface area contributed by atoms with E-state index in [4.69, 9.17) is 5.21 Å². The van der Waals surface area contributed by atoms with E-state index in [1.165, 1.54) is 17.2 Å². The Balaban J connectivity index is 2.09. The Morgan fingerprint density at radius 3 is 2.54 bits per heavy atom. The van der Waals surface area contributed by atoms with Crippen molar-refractivity contribution in [3.63, 3.8) is 0 Å². The molecule has 0 fully saturated rings. The van der Waals surface area contributed by atoms with Gasteiger partial charge in [0, 0.05) is 17.5 Å². The molecule has 2 aromatic carbocycles. The van der Waals surface area contributed by atoms with Gasteiger partial charge < -0.3 is 5.21 Å². The van der Waals surface area contributed by atoms with Gasteiger partial charge in [-0.2, -0.15) is 0 Å². The molecule has 3 rings (SSSR count). The molecule has 0 saturated heterocycles. The normalized spacial score (nSPS) is 15.5. The molecule has 0 aliphatic heterocycles. The van der Waals surface area contributed by atoms with Gasteiger partial charge in [-0.3, -0.25) is 0 Å². The second kappa shape index (κ2) is 7.05. The molecule has 2 nitrogen and oxygen atoms in total. The molecule has 1 aliphatic rings. The first-order chi connectivity index (χ1) is 11.6. The molecule has 0 bridgehead atoms. The van der Waals surface area contributed by atoms with Gasteiger partial charge in [0.15, 0.2) is 0 Å². The van der Waals surface area contributed by atoms with Crippen LogP contribution in [0.5, 0.6) is 0 Å². The summed E-state index contributed by atoms with van der Waals surface area (Å²) >= 11 is 1.71. The Morgan fingerprint density at radius 1 is 1.12 bits per heavy atom. The van der Waals surface area contributed by atoms with E-state index < -0.39 is 0 Å². The summed E-state index contributed by atoms with van der Waals surface area (Å²) in [5.74, 6) is -0.259. The zero-order chi connectivity index (χ0) is 17.1. The number of fused-ring (bicyclic) bond motifs is 1. The smallest absolute Gasteiger partial charge is 0.123 e. The van der Waals surface area contributed by atoms with Crippen LogP contribution in [-0.2, 0) is 0 Å². The van der Waals surface area contributed by atoms with Gasteiger partial charge in [-0.05, 0) is 76.9 Å².